The number of alkyl halides is 1. The Morgan fingerprint density at radius 1 is 1.09 bits per heavy atom. The normalized spacial score (nSPS) is 19.0. The number of anilines is 2. The molecule has 1 aromatic heterocycles. The first-order valence-corrected chi connectivity index (χ1v) is 12.1. The van der Waals surface area contributed by atoms with Crippen LogP contribution in [-0.2, 0) is 22.4 Å². The molecule has 1 aliphatic heterocycles. The molecule has 1 atom stereocenters. The average Bonchev–Trinajstić information content (AvgIpc) is 3.28. The first kappa shape index (κ1) is 23.1. The number of benzene rings is 2. The molecule has 0 radical (unpaired) electrons. The lowest BCUT2D eigenvalue weighted by Crippen LogP contribution is -2.30. The third kappa shape index (κ3) is 5.05. The zero-order chi connectivity index (χ0) is 24.4. The number of carbonyl (C=O) groups excluding carboxylic acids is 2. The van der Waals surface area contributed by atoms with Gasteiger partial charge in [-0.2, -0.15) is 0 Å². The molecular weight excluding hydrogens is 458 g/mol. The number of pyridine rings is 1. The van der Waals surface area contributed by atoms with Crippen LogP contribution < -0.4 is 10.2 Å². The van der Waals surface area contributed by atoms with Gasteiger partial charge in [-0.15, -0.1) is 11.6 Å². The number of hydrogen-bond acceptors (Lipinski definition) is 3. The SMILES string of the molecule is CC1(Cl)C=CC(c2ccccc2)=C(C(=O)Nc2ccc3c(c2)CCN3C(=O)Cc2ccccn2)C1. The predicted molar refractivity (Wildman–Crippen MR) is 140 cm³/mol. The number of fused-ring (bicyclic) bond motifs is 1. The van der Waals surface area contributed by atoms with Gasteiger partial charge in [-0.25, -0.2) is 0 Å². The molecule has 5 rings (SSSR count). The highest BCUT2D eigenvalue weighted by atomic mass is 35.5. The van der Waals surface area contributed by atoms with E-state index in [1.165, 1.54) is 0 Å². The van der Waals surface area contributed by atoms with E-state index in [9.17, 15) is 9.59 Å². The van der Waals surface area contributed by atoms with E-state index in [1.54, 1.807) is 11.1 Å². The van der Waals surface area contributed by atoms with E-state index < -0.39 is 4.87 Å². The summed E-state index contributed by atoms with van der Waals surface area (Å²) in [5.41, 5.74) is 5.92. The predicted octanol–water partition coefficient (Wildman–Crippen LogP) is 5.56. The number of amides is 2. The topological polar surface area (TPSA) is 62.3 Å². The molecule has 5 nitrogen and oxygen atoms in total. The van der Waals surface area contributed by atoms with Crippen molar-refractivity contribution in [2.24, 2.45) is 0 Å². The minimum absolute atomic E-state index is 0.0206. The van der Waals surface area contributed by atoms with Gasteiger partial charge in [0.05, 0.1) is 11.3 Å². The zero-order valence-corrected chi connectivity index (χ0v) is 20.3. The van der Waals surface area contributed by atoms with Gasteiger partial charge in [0.25, 0.3) is 5.91 Å². The second-order valence-corrected chi connectivity index (χ2v) is 10.0. The zero-order valence-electron chi connectivity index (χ0n) is 19.5. The van der Waals surface area contributed by atoms with E-state index in [0.717, 1.165) is 34.5 Å². The lowest BCUT2D eigenvalue weighted by atomic mass is 9.86. The summed E-state index contributed by atoms with van der Waals surface area (Å²) in [7, 11) is 0. The van der Waals surface area contributed by atoms with Crippen LogP contribution in [0.25, 0.3) is 5.57 Å². The number of hydrogen-bond donors (Lipinski definition) is 1. The first-order valence-electron chi connectivity index (χ1n) is 11.7. The second kappa shape index (κ2) is 9.51. The summed E-state index contributed by atoms with van der Waals surface area (Å²) in [6.07, 6.45) is 7.02. The van der Waals surface area contributed by atoms with Crippen molar-refractivity contribution < 1.29 is 9.59 Å². The summed E-state index contributed by atoms with van der Waals surface area (Å²) in [5, 5.41) is 3.06. The fourth-order valence-corrected chi connectivity index (χ4v) is 4.84. The van der Waals surface area contributed by atoms with Crippen LogP contribution in [0.3, 0.4) is 0 Å². The second-order valence-electron chi connectivity index (χ2n) is 9.14. The maximum Gasteiger partial charge on any atom is 0.252 e. The molecule has 2 amide bonds. The molecule has 0 saturated carbocycles. The van der Waals surface area contributed by atoms with Crippen molar-refractivity contribution in [3.8, 4) is 0 Å². The molecule has 1 N–H and O–H groups in total. The van der Waals surface area contributed by atoms with E-state index in [2.05, 4.69) is 10.3 Å². The summed E-state index contributed by atoms with van der Waals surface area (Å²) < 4.78 is 0. The van der Waals surface area contributed by atoms with Crippen molar-refractivity contribution in [2.75, 3.05) is 16.8 Å². The quantitative estimate of drug-likeness (QED) is 0.483. The van der Waals surface area contributed by atoms with Gasteiger partial charge in [0.1, 0.15) is 0 Å². The molecule has 176 valence electrons. The summed E-state index contributed by atoms with van der Waals surface area (Å²) in [4.78, 5) is 31.7. The molecule has 1 aliphatic carbocycles. The third-order valence-electron chi connectivity index (χ3n) is 6.40. The Morgan fingerprint density at radius 2 is 1.89 bits per heavy atom. The van der Waals surface area contributed by atoms with Crippen molar-refractivity contribution in [1.82, 2.24) is 4.98 Å². The smallest absolute Gasteiger partial charge is 0.252 e. The number of allylic oxidation sites excluding steroid dienone is 3. The van der Waals surface area contributed by atoms with Gasteiger partial charge in [-0.3, -0.25) is 14.6 Å². The standard InChI is InChI=1S/C29H26ClN3O2/c1-29(30)14-12-24(20-7-3-2-4-8-20)25(19-29)28(35)32-23-10-11-26-21(17-23)13-16-33(26)27(34)18-22-9-5-6-15-31-22/h2-12,14-15,17H,13,16,18-19H2,1H3,(H,32,35). The van der Waals surface area contributed by atoms with Gasteiger partial charge in [-0.05, 0) is 60.4 Å². The molecule has 2 heterocycles. The maximum absolute atomic E-state index is 13.4. The van der Waals surface area contributed by atoms with Crippen LogP contribution in [0.5, 0.6) is 0 Å². The van der Waals surface area contributed by atoms with Crippen LogP contribution in [0, 0.1) is 0 Å². The van der Waals surface area contributed by atoms with E-state index in [-0.39, 0.29) is 18.2 Å². The Hall–Kier alpha value is -3.70. The molecule has 0 saturated heterocycles. The Kier molecular flexibility index (Phi) is 6.27. The molecule has 2 aromatic carbocycles. The minimum atomic E-state index is -0.614. The highest BCUT2D eigenvalue weighted by Gasteiger charge is 2.30. The van der Waals surface area contributed by atoms with E-state index >= 15 is 0 Å². The van der Waals surface area contributed by atoms with Crippen LogP contribution in [0.15, 0.2) is 90.7 Å². The molecule has 1 unspecified atom stereocenters. The average molecular weight is 484 g/mol. The van der Waals surface area contributed by atoms with Crippen LogP contribution in [0.2, 0.25) is 0 Å². The van der Waals surface area contributed by atoms with Crippen LogP contribution in [0.4, 0.5) is 11.4 Å². The Balaban J connectivity index is 1.35. The lowest BCUT2D eigenvalue weighted by molar-refractivity contribution is -0.118. The minimum Gasteiger partial charge on any atom is -0.322 e. The number of nitrogens with zero attached hydrogens (tertiary/aromatic N) is 2. The fourth-order valence-electron chi connectivity index (χ4n) is 4.65. The molecule has 6 heteroatoms. The number of halogens is 1. The van der Waals surface area contributed by atoms with E-state index in [0.29, 0.717) is 24.2 Å². The lowest BCUT2D eigenvalue weighted by Gasteiger charge is -2.26. The molecule has 0 bridgehead atoms. The highest BCUT2D eigenvalue weighted by molar-refractivity contribution is 6.26. The molecule has 0 fully saturated rings. The van der Waals surface area contributed by atoms with Crippen LogP contribution >= 0.6 is 11.6 Å². The summed E-state index contributed by atoms with van der Waals surface area (Å²) >= 11 is 6.60. The fraction of sp³-hybridized carbons (Fsp3) is 0.207. The molecule has 3 aromatic rings. The van der Waals surface area contributed by atoms with Crippen LogP contribution in [0.1, 0.15) is 30.2 Å². The summed E-state index contributed by atoms with van der Waals surface area (Å²) in [5.74, 6) is -0.145. The van der Waals surface area contributed by atoms with Gasteiger partial charge in [0, 0.05) is 41.8 Å². The molecular formula is C29H26ClN3O2. The van der Waals surface area contributed by atoms with E-state index in [4.69, 9.17) is 11.6 Å². The molecule has 35 heavy (non-hydrogen) atoms. The first-order chi connectivity index (χ1) is 16.9. The summed E-state index contributed by atoms with van der Waals surface area (Å²) in [6, 6.07) is 21.2. The largest absolute Gasteiger partial charge is 0.322 e. The monoisotopic (exact) mass is 483 g/mol. The van der Waals surface area contributed by atoms with Gasteiger partial charge in [-0.1, -0.05) is 48.6 Å². The number of rotatable bonds is 5. The van der Waals surface area contributed by atoms with Gasteiger partial charge in [0.15, 0.2) is 0 Å². The number of carbonyl (C=O) groups is 2. The number of nitrogens with one attached hydrogen (secondary N) is 1. The Labute approximate surface area is 210 Å². The molecule has 0 spiro atoms. The van der Waals surface area contributed by atoms with Crippen molar-refractivity contribution in [1.29, 1.82) is 0 Å². The van der Waals surface area contributed by atoms with Crippen LogP contribution in [-0.4, -0.2) is 28.2 Å². The Morgan fingerprint density at radius 3 is 2.66 bits per heavy atom. The van der Waals surface area contributed by atoms with Gasteiger partial charge >= 0.3 is 0 Å². The number of aromatic nitrogens is 1. The van der Waals surface area contributed by atoms with Crippen molar-refractivity contribution in [3.63, 3.8) is 0 Å². The maximum atomic E-state index is 13.4. The third-order valence-corrected chi connectivity index (χ3v) is 6.66. The highest BCUT2D eigenvalue weighted by Crippen LogP contribution is 2.37. The van der Waals surface area contributed by atoms with E-state index in [1.807, 2.05) is 85.8 Å². The van der Waals surface area contributed by atoms with Gasteiger partial charge in [0.2, 0.25) is 5.91 Å². The Bertz CT molecular complexity index is 1330. The van der Waals surface area contributed by atoms with Crippen molar-refractivity contribution in [3.05, 3.63) is 107 Å². The van der Waals surface area contributed by atoms with Crippen molar-refractivity contribution >= 4 is 40.4 Å². The summed E-state index contributed by atoms with van der Waals surface area (Å²) in [6.45, 7) is 2.53. The van der Waals surface area contributed by atoms with Crippen molar-refractivity contribution in [2.45, 2.75) is 31.1 Å². The van der Waals surface area contributed by atoms with Gasteiger partial charge < -0.3 is 10.2 Å². The molecule has 2 aliphatic rings.